The summed E-state index contributed by atoms with van der Waals surface area (Å²) in [6, 6.07) is 7.51. The Bertz CT molecular complexity index is 347. The molecule has 1 aromatic carbocycles. The molecule has 1 amide bonds. The molecule has 0 fully saturated rings. The Kier molecular flexibility index (Phi) is 5.49. The van der Waals surface area contributed by atoms with E-state index in [0.29, 0.717) is 6.54 Å². The van der Waals surface area contributed by atoms with Gasteiger partial charge in [-0.1, -0.05) is 12.1 Å². The van der Waals surface area contributed by atoms with Gasteiger partial charge in [-0.25, -0.2) is 0 Å². The predicted octanol–water partition coefficient (Wildman–Crippen LogP) is 1.09. The fraction of sp³-hybridized carbons (Fsp3) is 0.462. The summed E-state index contributed by atoms with van der Waals surface area (Å²) in [4.78, 5) is 11.2. The standard InChI is InChI=1S/C13H20N2O2/c1-10(14)13(16)15-9-3-4-11-5-7-12(17-2)8-6-11/h5-8,10H,3-4,9,14H2,1-2H3,(H,15,16). The van der Waals surface area contributed by atoms with Crippen molar-refractivity contribution in [1.29, 1.82) is 0 Å². The number of ether oxygens (including phenoxy) is 1. The number of carbonyl (C=O) groups excluding carboxylic acids is 1. The molecule has 3 N–H and O–H groups in total. The highest BCUT2D eigenvalue weighted by atomic mass is 16.5. The molecular weight excluding hydrogens is 216 g/mol. The SMILES string of the molecule is COc1ccc(CCCNC(=O)C(C)N)cc1. The average molecular weight is 236 g/mol. The molecule has 0 aliphatic carbocycles. The Morgan fingerprint density at radius 1 is 1.41 bits per heavy atom. The van der Waals surface area contributed by atoms with E-state index in [-0.39, 0.29) is 5.91 Å². The van der Waals surface area contributed by atoms with Crippen molar-refractivity contribution in [3.63, 3.8) is 0 Å². The van der Waals surface area contributed by atoms with Crippen LogP contribution in [0.25, 0.3) is 0 Å². The maximum Gasteiger partial charge on any atom is 0.236 e. The van der Waals surface area contributed by atoms with Gasteiger partial charge < -0.3 is 15.8 Å². The van der Waals surface area contributed by atoms with Crippen LogP contribution in [0.3, 0.4) is 0 Å². The number of nitrogens with two attached hydrogens (primary N) is 1. The van der Waals surface area contributed by atoms with Gasteiger partial charge in [-0.05, 0) is 37.5 Å². The first kappa shape index (κ1) is 13.5. The molecule has 1 atom stereocenters. The quantitative estimate of drug-likeness (QED) is 0.727. The Morgan fingerprint density at radius 2 is 2.06 bits per heavy atom. The molecule has 0 saturated heterocycles. The van der Waals surface area contributed by atoms with Crippen LogP contribution in [0.4, 0.5) is 0 Å². The van der Waals surface area contributed by atoms with E-state index in [9.17, 15) is 4.79 Å². The van der Waals surface area contributed by atoms with Crippen molar-refractivity contribution >= 4 is 5.91 Å². The van der Waals surface area contributed by atoms with Gasteiger partial charge in [0.05, 0.1) is 13.2 Å². The lowest BCUT2D eigenvalue weighted by atomic mass is 10.1. The highest BCUT2D eigenvalue weighted by molar-refractivity contribution is 5.80. The van der Waals surface area contributed by atoms with Crippen LogP contribution in [0.1, 0.15) is 18.9 Å². The molecule has 0 spiro atoms. The minimum atomic E-state index is -0.434. The van der Waals surface area contributed by atoms with Crippen molar-refractivity contribution in [2.24, 2.45) is 5.73 Å². The molecule has 0 aliphatic rings. The van der Waals surface area contributed by atoms with Crippen molar-refractivity contribution in [2.75, 3.05) is 13.7 Å². The lowest BCUT2D eigenvalue weighted by Gasteiger charge is -2.07. The molecule has 0 radical (unpaired) electrons. The predicted molar refractivity (Wildman–Crippen MR) is 68.0 cm³/mol. The molecule has 0 bridgehead atoms. The van der Waals surface area contributed by atoms with E-state index in [4.69, 9.17) is 10.5 Å². The minimum absolute atomic E-state index is 0.0975. The van der Waals surface area contributed by atoms with Crippen molar-refractivity contribution in [2.45, 2.75) is 25.8 Å². The van der Waals surface area contributed by atoms with Gasteiger partial charge >= 0.3 is 0 Å². The second kappa shape index (κ2) is 6.91. The van der Waals surface area contributed by atoms with Crippen LogP contribution in [-0.4, -0.2) is 25.6 Å². The number of methoxy groups -OCH3 is 1. The molecule has 1 rings (SSSR count). The Balaban J connectivity index is 2.24. The summed E-state index contributed by atoms with van der Waals surface area (Å²) in [5.41, 5.74) is 6.67. The second-order valence-corrected chi connectivity index (χ2v) is 4.03. The van der Waals surface area contributed by atoms with Crippen molar-refractivity contribution in [3.05, 3.63) is 29.8 Å². The van der Waals surface area contributed by atoms with Crippen molar-refractivity contribution in [3.8, 4) is 5.75 Å². The van der Waals surface area contributed by atoms with E-state index >= 15 is 0 Å². The number of benzene rings is 1. The van der Waals surface area contributed by atoms with Gasteiger partial charge in [0.15, 0.2) is 0 Å². The van der Waals surface area contributed by atoms with Crippen LogP contribution in [-0.2, 0) is 11.2 Å². The monoisotopic (exact) mass is 236 g/mol. The largest absolute Gasteiger partial charge is 0.497 e. The zero-order valence-electron chi connectivity index (χ0n) is 10.4. The lowest BCUT2D eigenvalue weighted by molar-refractivity contribution is -0.121. The third-order valence-corrected chi connectivity index (χ3v) is 2.51. The first-order valence-corrected chi connectivity index (χ1v) is 5.79. The third-order valence-electron chi connectivity index (χ3n) is 2.51. The summed E-state index contributed by atoms with van der Waals surface area (Å²) in [6.07, 6.45) is 1.84. The summed E-state index contributed by atoms with van der Waals surface area (Å²) in [5.74, 6) is 0.763. The number of hydrogen-bond acceptors (Lipinski definition) is 3. The molecular formula is C13H20N2O2. The molecule has 0 aromatic heterocycles. The number of amides is 1. The molecule has 4 heteroatoms. The molecule has 0 saturated carbocycles. The van der Waals surface area contributed by atoms with Crippen LogP contribution < -0.4 is 15.8 Å². The maximum absolute atomic E-state index is 11.2. The van der Waals surface area contributed by atoms with E-state index < -0.39 is 6.04 Å². The minimum Gasteiger partial charge on any atom is -0.497 e. The summed E-state index contributed by atoms with van der Waals surface area (Å²) in [7, 11) is 1.65. The number of hydrogen-bond donors (Lipinski definition) is 2. The van der Waals surface area contributed by atoms with Gasteiger partial charge in [0.25, 0.3) is 0 Å². The van der Waals surface area contributed by atoms with Gasteiger partial charge in [0.2, 0.25) is 5.91 Å². The summed E-state index contributed by atoms with van der Waals surface area (Å²) >= 11 is 0. The summed E-state index contributed by atoms with van der Waals surface area (Å²) in [6.45, 7) is 2.34. The first-order chi connectivity index (χ1) is 8.13. The molecule has 1 aromatic rings. The Hall–Kier alpha value is -1.55. The molecule has 94 valence electrons. The molecule has 4 nitrogen and oxygen atoms in total. The molecule has 0 aliphatic heterocycles. The van der Waals surface area contributed by atoms with E-state index in [1.807, 2.05) is 24.3 Å². The van der Waals surface area contributed by atoms with Crippen LogP contribution in [0.15, 0.2) is 24.3 Å². The Morgan fingerprint density at radius 3 is 2.59 bits per heavy atom. The average Bonchev–Trinajstić information content (AvgIpc) is 2.35. The van der Waals surface area contributed by atoms with E-state index in [1.165, 1.54) is 5.56 Å². The maximum atomic E-state index is 11.2. The van der Waals surface area contributed by atoms with E-state index in [2.05, 4.69) is 5.32 Å². The van der Waals surface area contributed by atoms with Gasteiger partial charge in [-0.15, -0.1) is 0 Å². The fourth-order valence-electron chi connectivity index (χ4n) is 1.46. The number of aryl methyl sites for hydroxylation is 1. The van der Waals surface area contributed by atoms with Crippen LogP contribution in [0, 0.1) is 0 Å². The Labute approximate surface area is 102 Å². The summed E-state index contributed by atoms with van der Waals surface area (Å²) in [5, 5.41) is 2.79. The lowest BCUT2D eigenvalue weighted by Crippen LogP contribution is -2.38. The van der Waals surface area contributed by atoms with E-state index in [1.54, 1.807) is 14.0 Å². The van der Waals surface area contributed by atoms with Crippen LogP contribution in [0.5, 0.6) is 5.75 Å². The van der Waals surface area contributed by atoms with Crippen molar-refractivity contribution in [1.82, 2.24) is 5.32 Å². The molecule has 1 unspecified atom stereocenters. The van der Waals surface area contributed by atoms with Gasteiger partial charge in [0, 0.05) is 6.54 Å². The van der Waals surface area contributed by atoms with Crippen molar-refractivity contribution < 1.29 is 9.53 Å². The van der Waals surface area contributed by atoms with Gasteiger partial charge in [-0.3, -0.25) is 4.79 Å². The zero-order valence-corrected chi connectivity index (χ0v) is 10.4. The first-order valence-electron chi connectivity index (χ1n) is 5.79. The van der Waals surface area contributed by atoms with Crippen LogP contribution in [0.2, 0.25) is 0 Å². The second-order valence-electron chi connectivity index (χ2n) is 4.03. The highest BCUT2D eigenvalue weighted by Crippen LogP contribution is 2.12. The van der Waals surface area contributed by atoms with E-state index in [0.717, 1.165) is 18.6 Å². The van der Waals surface area contributed by atoms with Gasteiger partial charge in [-0.2, -0.15) is 0 Å². The zero-order chi connectivity index (χ0) is 12.7. The number of nitrogens with one attached hydrogen (secondary N) is 1. The molecule has 17 heavy (non-hydrogen) atoms. The molecule has 0 heterocycles. The van der Waals surface area contributed by atoms with Gasteiger partial charge in [0.1, 0.15) is 5.75 Å². The summed E-state index contributed by atoms with van der Waals surface area (Å²) < 4.78 is 5.08. The number of rotatable bonds is 6. The third kappa shape index (κ3) is 4.87. The smallest absolute Gasteiger partial charge is 0.236 e. The topological polar surface area (TPSA) is 64.3 Å². The fourth-order valence-corrected chi connectivity index (χ4v) is 1.46. The normalized spacial score (nSPS) is 11.9. The van der Waals surface area contributed by atoms with Crippen LogP contribution >= 0.6 is 0 Å². The highest BCUT2D eigenvalue weighted by Gasteiger charge is 2.05. The number of carbonyl (C=O) groups is 1.